The number of benzene rings is 1. The zero-order chi connectivity index (χ0) is 13.5. The summed E-state index contributed by atoms with van der Waals surface area (Å²) in [6.07, 6.45) is 3.87. The second kappa shape index (κ2) is 6.45. The highest BCUT2D eigenvalue weighted by atomic mass is 16.5. The number of nitrogens with one attached hydrogen (secondary N) is 1. The molecule has 0 radical (unpaired) electrons. The van der Waals surface area contributed by atoms with Crippen LogP contribution in [0.2, 0.25) is 0 Å². The van der Waals surface area contributed by atoms with E-state index in [1.807, 2.05) is 47.4 Å². The van der Waals surface area contributed by atoms with Gasteiger partial charge in [-0.15, -0.1) is 0 Å². The molecule has 1 heterocycles. The zero-order valence-corrected chi connectivity index (χ0v) is 10.8. The van der Waals surface area contributed by atoms with Crippen LogP contribution in [0.1, 0.15) is 12.5 Å². The van der Waals surface area contributed by atoms with E-state index in [0.29, 0.717) is 12.3 Å². The number of rotatable bonds is 6. The van der Waals surface area contributed by atoms with Crippen LogP contribution in [0.5, 0.6) is 5.75 Å². The largest absolute Gasteiger partial charge is 0.479 e. The summed E-state index contributed by atoms with van der Waals surface area (Å²) < 4.78 is 7.14. The fourth-order valence-corrected chi connectivity index (χ4v) is 1.69. The van der Waals surface area contributed by atoms with E-state index in [9.17, 15) is 0 Å². The molecule has 0 fully saturated rings. The van der Waals surface area contributed by atoms with E-state index in [0.717, 1.165) is 17.8 Å². The standard InChI is InChI=1S/C14H16N4O/c1-2-18-11-12(10-17-18)9-16-13-4-3-5-14(8-13)19-7-6-15/h3-5,8,10-11,16H,2,7,9H2,1H3. The third-order valence-corrected chi connectivity index (χ3v) is 2.64. The molecule has 1 N–H and O–H groups in total. The average Bonchev–Trinajstić information content (AvgIpc) is 2.91. The van der Waals surface area contributed by atoms with Crippen LogP contribution >= 0.6 is 0 Å². The predicted molar refractivity (Wildman–Crippen MR) is 72.8 cm³/mol. The van der Waals surface area contributed by atoms with Crippen molar-refractivity contribution in [1.82, 2.24) is 9.78 Å². The predicted octanol–water partition coefficient (Wildman–Crippen LogP) is 2.42. The maximum Gasteiger partial charge on any atom is 0.174 e. The van der Waals surface area contributed by atoms with Gasteiger partial charge in [0.2, 0.25) is 0 Å². The van der Waals surface area contributed by atoms with Gasteiger partial charge in [-0.2, -0.15) is 10.4 Å². The molecule has 0 unspecified atom stereocenters. The third-order valence-electron chi connectivity index (χ3n) is 2.64. The van der Waals surface area contributed by atoms with Crippen molar-refractivity contribution < 1.29 is 4.74 Å². The second-order valence-electron chi connectivity index (χ2n) is 4.03. The lowest BCUT2D eigenvalue weighted by molar-refractivity contribution is 0.368. The maximum absolute atomic E-state index is 8.47. The monoisotopic (exact) mass is 256 g/mol. The Labute approximate surface area is 112 Å². The summed E-state index contributed by atoms with van der Waals surface area (Å²) in [5, 5.41) is 16.0. The number of aryl methyl sites for hydroxylation is 1. The van der Waals surface area contributed by atoms with E-state index < -0.39 is 0 Å². The molecule has 0 atom stereocenters. The van der Waals surface area contributed by atoms with Crippen molar-refractivity contribution in [3.63, 3.8) is 0 Å². The van der Waals surface area contributed by atoms with Crippen LogP contribution in [0.4, 0.5) is 5.69 Å². The van der Waals surface area contributed by atoms with Crippen molar-refractivity contribution in [1.29, 1.82) is 5.26 Å². The van der Waals surface area contributed by atoms with Gasteiger partial charge in [0.05, 0.1) is 6.20 Å². The molecule has 0 spiro atoms. The number of nitrogens with zero attached hydrogens (tertiary/aromatic N) is 3. The maximum atomic E-state index is 8.47. The Balaban J connectivity index is 1.93. The zero-order valence-electron chi connectivity index (χ0n) is 10.8. The van der Waals surface area contributed by atoms with Gasteiger partial charge < -0.3 is 10.1 Å². The van der Waals surface area contributed by atoms with Crippen LogP contribution in [0.25, 0.3) is 0 Å². The molecule has 2 rings (SSSR count). The van der Waals surface area contributed by atoms with E-state index in [4.69, 9.17) is 10.00 Å². The Kier molecular flexibility index (Phi) is 4.40. The van der Waals surface area contributed by atoms with E-state index in [-0.39, 0.29) is 6.61 Å². The van der Waals surface area contributed by atoms with Crippen molar-refractivity contribution in [2.24, 2.45) is 0 Å². The second-order valence-corrected chi connectivity index (χ2v) is 4.03. The van der Waals surface area contributed by atoms with Gasteiger partial charge in [0.15, 0.2) is 6.61 Å². The molecule has 5 nitrogen and oxygen atoms in total. The molecule has 0 aliphatic heterocycles. The molecular formula is C14H16N4O. The average molecular weight is 256 g/mol. The van der Waals surface area contributed by atoms with Crippen LogP contribution < -0.4 is 10.1 Å². The van der Waals surface area contributed by atoms with E-state index in [1.54, 1.807) is 0 Å². The van der Waals surface area contributed by atoms with Gasteiger partial charge in [0.1, 0.15) is 11.8 Å². The molecule has 0 saturated heterocycles. The number of hydrogen-bond donors (Lipinski definition) is 1. The Morgan fingerprint density at radius 1 is 1.47 bits per heavy atom. The van der Waals surface area contributed by atoms with E-state index in [1.165, 1.54) is 0 Å². The molecule has 0 aliphatic carbocycles. The molecular weight excluding hydrogens is 240 g/mol. The smallest absolute Gasteiger partial charge is 0.174 e. The minimum Gasteiger partial charge on any atom is -0.479 e. The molecule has 0 saturated carbocycles. The van der Waals surface area contributed by atoms with Gasteiger partial charge in [-0.1, -0.05) is 6.07 Å². The topological polar surface area (TPSA) is 62.9 Å². The summed E-state index contributed by atoms with van der Waals surface area (Å²) in [7, 11) is 0. The Bertz CT molecular complexity index is 571. The summed E-state index contributed by atoms with van der Waals surface area (Å²) in [5.41, 5.74) is 2.09. The van der Waals surface area contributed by atoms with Gasteiger partial charge in [0.25, 0.3) is 0 Å². The van der Waals surface area contributed by atoms with Crippen molar-refractivity contribution in [3.8, 4) is 11.8 Å². The number of aromatic nitrogens is 2. The van der Waals surface area contributed by atoms with Gasteiger partial charge in [-0.25, -0.2) is 0 Å². The number of ether oxygens (including phenoxy) is 1. The third kappa shape index (κ3) is 3.75. The summed E-state index contributed by atoms with van der Waals surface area (Å²) in [4.78, 5) is 0. The fraction of sp³-hybridized carbons (Fsp3) is 0.286. The molecule has 0 bridgehead atoms. The molecule has 98 valence electrons. The first-order valence-electron chi connectivity index (χ1n) is 6.17. The van der Waals surface area contributed by atoms with Crippen molar-refractivity contribution in [2.75, 3.05) is 11.9 Å². The van der Waals surface area contributed by atoms with Crippen molar-refractivity contribution >= 4 is 5.69 Å². The summed E-state index contributed by atoms with van der Waals surface area (Å²) >= 11 is 0. The normalized spacial score (nSPS) is 9.89. The molecule has 5 heteroatoms. The minimum absolute atomic E-state index is 0.0622. The van der Waals surface area contributed by atoms with Crippen LogP contribution in [0.15, 0.2) is 36.7 Å². The van der Waals surface area contributed by atoms with Gasteiger partial charge in [0, 0.05) is 36.6 Å². The van der Waals surface area contributed by atoms with Gasteiger partial charge >= 0.3 is 0 Å². The number of anilines is 1. The van der Waals surface area contributed by atoms with Crippen LogP contribution in [-0.4, -0.2) is 16.4 Å². The molecule has 19 heavy (non-hydrogen) atoms. The molecule has 0 amide bonds. The first-order valence-corrected chi connectivity index (χ1v) is 6.17. The summed E-state index contributed by atoms with van der Waals surface area (Å²) in [6, 6.07) is 9.51. The molecule has 1 aromatic heterocycles. The number of hydrogen-bond acceptors (Lipinski definition) is 4. The first-order chi connectivity index (χ1) is 9.31. The van der Waals surface area contributed by atoms with E-state index in [2.05, 4.69) is 17.3 Å². The lowest BCUT2D eigenvalue weighted by Gasteiger charge is -2.07. The lowest BCUT2D eigenvalue weighted by atomic mass is 10.3. The fourth-order valence-electron chi connectivity index (χ4n) is 1.69. The Morgan fingerprint density at radius 3 is 3.11 bits per heavy atom. The van der Waals surface area contributed by atoms with Crippen molar-refractivity contribution in [2.45, 2.75) is 20.0 Å². The highest BCUT2D eigenvalue weighted by Gasteiger charge is 1.99. The summed E-state index contributed by atoms with van der Waals surface area (Å²) in [5.74, 6) is 0.691. The first kappa shape index (κ1) is 13.0. The van der Waals surface area contributed by atoms with Gasteiger partial charge in [-0.05, 0) is 19.1 Å². The highest BCUT2D eigenvalue weighted by molar-refractivity contribution is 5.48. The SMILES string of the molecule is CCn1cc(CNc2cccc(OCC#N)c2)cn1. The highest BCUT2D eigenvalue weighted by Crippen LogP contribution is 2.17. The van der Waals surface area contributed by atoms with E-state index >= 15 is 0 Å². The van der Waals surface area contributed by atoms with Crippen molar-refractivity contribution in [3.05, 3.63) is 42.2 Å². The summed E-state index contributed by atoms with van der Waals surface area (Å²) in [6.45, 7) is 3.70. The van der Waals surface area contributed by atoms with Crippen LogP contribution in [0.3, 0.4) is 0 Å². The van der Waals surface area contributed by atoms with Crippen LogP contribution in [-0.2, 0) is 13.1 Å². The van der Waals surface area contributed by atoms with Gasteiger partial charge in [-0.3, -0.25) is 4.68 Å². The van der Waals surface area contributed by atoms with Crippen LogP contribution in [0, 0.1) is 11.3 Å². The molecule has 2 aromatic rings. The molecule has 0 aliphatic rings. The quantitative estimate of drug-likeness (QED) is 0.862. The minimum atomic E-state index is 0.0622. The lowest BCUT2D eigenvalue weighted by Crippen LogP contribution is -2.00. The Morgan fingerprint density at radius 2 is 2.37 bits per heavy atom. The number of nitriles is 1. The Hall–Kier alpha value is -2.48. The molecule has 1 aromatic carbocycles.